The molecular weight excluding hydrogens is 322 g/mol. The van der Waals surface area contributed by atoms with Gasteiger partial charge in [-0.2, -0.15) is 11.3 Å². The van der Waals surface area contributed by atoms with Crippen LogP contribution in [-0.4, -0.2) is 35.3 Å². The van der Waals surface area contributed by atoms with Crippen LogP contribution in [0.5, 0.6) is 0 Å². The molecule has 3 amide bonds. The quantitative estimate of drug-likeness (QED) is 0.935. The number of carbonyl (C=O) groups excluding carboxylic acids is 2. The van der Waals surface area contributed by atoms with Crippen molar-refractivity contribution >= 4 is 23.3 Å². The topological polar surface area (TPSA) is 52.7 Å². The van der Waals surface area contributed by atoms with Gasteiger partial charge in [0.1, 0.15) is 0 Å². The van der Waals surface area contributed by atoms with Crippen LogP contribution in [0, 0.1) is 0 Å². The summed E-state index contributed by atoms with van der Waals surface area (Å²) < 4.78 is 0. The van der Waals surface area contributed by atoms with E-state index >= 15 is 0 Å². The molecule has 0 unspecified atom stereocenters. The molecule has 0 saturated carbocycles. The molecule has 0 radical (unpaired) electrons. The summed E-state index contributed by atoms with van der Waals surface area (Å²) in [5.41, 5.74) is 3.53. The third-order valence-corrected chi connectivity index (χ3v) is 5.23. The number of rotatable bonds is 3. The number of nitrogens with one attached hydrogen (secondary N) is 1. The standard InChI is InChI=1S/C18H17N3O2S/c1-20-14-10-21(9-12-5-3-2-4-6-12)17(22)15(14)16(19-18(20)23)13-7-8-24-11-13/h2-8,11,16H,9-10H2,1H3,(H,19,23)/t16-/m1/s1. The van der Waals surface area contributed by atoms with Crippen LogP contribution in [0.25, 0.3) is 0 Å². The van der Waals surface area contributed by atoms with Crippen molar-refractivity contribution < 1.29 is 9.59 Å². The monoisotopic (exact) mass is 339 g/mol. The minimum absolute atomic E-state index is 0.00287. The van der Waals surface area contributed by atoms with Gasteiger partial charge in [-0.3, -0.25) is 9.69 Å². The Hall–Kier alpha value is -2.60. The molecule has 1 aromatic carbocycles. The number of benzene rings is 1. The van der Waals surface area contributed by atoms with E-state index in [0.717, 1.165) is 16.8 Å². The van der Waals surface area contributed by atoms with Crippen molar-refractivity contribution in [3.05, 3.63) is 69.6 Å². The summed E-state index contributed by atoms with van der Waals surface area (Å²) in [5, 5.41) is 6.88. The molecule has 2 aromatic rings. The summed E-state index contributed by atoms with van der Waals surface area (Å²) in [6.07, 6.45) is 0. The fourth-order valence-corrected chi connectivity index (χ4v) is 3.93. The second kappa shape index (κ2) is 5.79. The molecule has 2 aliphatic heterocycles. The molecule has 24 heavy (non-hydrogen) atoms. The average Bonchev–Trinajstić information content (AvgIpc) is 3.22. The van der Waals surface area contributed by atoms with Gasteiger partial charge in [-0.15, -0.1) is 0 Å². The largest absolute Gasteiger partial charge is 0.329 e. The van der Waals surface area contributed by atoms with Gasteiger partial charge >= 0.3 is 6.03 Å². The minimum Gasteiger partial charge on any atom is -0.329 e. The third-order valence-electron chi connectivity index (χ3n) is 4.53. The van der Waals surface area contributed by atoms with Gasteiger partial charge in [0.2, 0.25) is 0 Å². The van der Waals surface area contributed by atoms with Gasteiger partial charge in [-0.1, -0.05) is 30.3 Å². The van der Waals surface area contributed by atoms with E-state index in [0.29, 0.717) is 18.7 Å². The van der Waals surface area contributed by atoms with Crippen molar-refractivity contribution in [3.63, 3.8) is 0 Å². The van der Waals surface area contributed by atoms with Crippen molar-refractivity contribution in [2.75, 3.05) is 13.6 Å². The van der Waals surface area contributed by atoms with Crippen molar-refractivity contribution in [2.45, 2.75) is 12.6 Å². The lowest BCUT2D eigenvalue weighted by molar-refractivity contribution is -0.126. The molecule has 6 heteroatoms. The van der Waals surface area contributed by atoms with Gasteiger partial charge in [0.15, 0.2) is 0 Å². The second-order valence-electron chi connectivity index (χ2n) is 6.01. The number of urea groups is 1. The van der Waals surface area contributed by atoms with E-state index in [1.165, 1.54) is 0 Å². The predicted octanol–water partition coefficient (Wildman–Crippen LogP) is 2.74. The zero-order valence-electron chi connectivity index (χ0n) is 13.2. The van der Waals surface area contributed by atoms with E-state index in [2.05, 4.69) is 5.32 Å². The summed E-state index contributed by atoms with van der Waals surface area (Å²) in [4.78, 5) is 28.6. The molecule has 0 fully saturated rings. The van der Waals surface area contributed by atoms with Crippen LogP contribution in [-0.2, 0) is 11.3 Å². The second-order valence-corrected chi connectivity index (χ2v) is 6.79. The fraction of sp³-hybridized carbons (Fsp3) is 0.222. The molecule has 0 saturated heterocycles. The summed E-state index contributed by atoms with van der Waals surface area (Å²) in [7, 11) is 1.72. The maximum absolute atomic E-state index is 13.0. The predicted molar refractivity (Wildman–Crippen MR) is 92.2 cm³/mol. The van der Waals surface area contributed by atoms with E-state index in [9.17, 15) is 9.59 Å². The number of carbonyl (C=O) groups is 2. The van der Waals surface area contributed by atoms with E-state index in [1.54, 1.807) is 28.2 Å². The lowest BCUT2D eigenvalue weighted by atomic mass is 9.98. The Morgan fingerprint density at radius 3 is 2.71 bits per heavy atom. The van der Waals surface area contributed by atoms with Crippen LogP contribution in [0.3, 0.4) is 0 Å². The number of likely N-dealkylation sites (N-methyl/N-ethyl adjacent to an activating group) is 1. The van der Waals surface area contributed by atoms with Gasteiger partial charge in [0, 0.05) is 13.6 Å². The molecule has 1 atom stereocenters. The van der Waals surface area contributed by atoms with Crippen LogP contribution in [0.15, 0.2) is 58.4 Å². The number of hydrogen-bond donors (Lipinski definition) is 1. The number of thiophene rings is 1. The van der Waals surface area contributed by atoms with E-state index in [-0.39, 0.29) is 18.0 Å². The molecule has 3 heterocycles. The minimum atomic E-state index is -0.358. The Labute approximate surface area is 144 Å². The van der Waals surface area contributed by atoms with Crippen molar-refractivity contribution in [3.8, 4) is 0 Å². The SMILES string of the molecule is CN1C(=O)N[C@H](c2ccsc2)C2=C1CN(Cc1ccccc1)C2=O. The Morgan fingerprint density at radius 1 is 1.21 bits per heavy atom. The normalized spacial score (nSPS) is 20.5. The lowest BCUT2D eigenvalue weighted by Crippen LogP contribution is -2.45. The van der Waals surface area contributed by atoms with Crippen molar-refractivity contribution in [1.29, 1.82) is 0 Å². The molecule has 1 N–H and O–H groups in total. The zero-order valence-corrected chi connectivity index (χ0v) is 14.0. The lowest BCUT2D eigenvalue weighted by Gasteiger charge is -2.30. The highest BCUT2D eigenvalue weighted by atomic mass is 32.1. The maximum atomic E-state index is 13.0. The fourth-order valence-electron chi connectivity index (χ4n) is 3.24. The molecule has 2 aliphatic rings. The third kappa shape index (κ3) is 2.39. The van der Waals surface area contributed by atoms with Gasteiger partial charge in [0.05, 0.1) is 23.9 Å². The van der Waals surface area contributed by atoms with Gasteiger partial charge in [0.25, 0.3) is 5.91 Å². The zero-order chi connectivity index (χ0) is 16.7. The van der Waals surface area contributed by atoms with E-state index < -0.39 is 0 Å². The smallest absolute Gasteiger partial charge is 0.322 e. The van der Waals surface area contributed by atoms with Crippen molar-refractivity contribution in [1.82, 2.24) is 15.1 Å². The summed E-state index contributed by atoms with van der Waals surface area (Å²) in [6.45, 7) is 1.01. The molecule has 122 valence electrons. The number of nitrogens with zero attached hydrogens (tertiary/aromatic N) is 2. The summed E-state index contributed by atoms with van der Waals surface area (Å²) >= 11 is 1.56. The first-order valence-corrected chi connectivity index (χ1v) is 8.72. The first-order chi connectivity index (χ1) is 11.6. The molecular formula is C18H17N3O2S. The molecule has 0 bridgehead atoms. The van der Waals surface area contributed by atoms with Crippen LogP contribution >= 0.6 is 11.3 Å². The van der Waals surface area contributed by atoms with E-state index in [1.807, 2.05) is 47.2 Å². The van der Waals surface area contributed by atoms with E-state index in [4.69, 9.17) is 0 Å². The molecule has 4 rings (SSSR count). The van der Waals surface area contributed by atoms with Gasteiger partial charge in [-0.05, 0) is 28.0 Å². The Bertz CT molecular complexity index is 814. The highest BCUT2D eigenvalue weighted by molar-refractivity contribution is 7.08. The molecule has 1 aromatic heterocycles. The number of amides is 3. The van der Waals surface area contributed by atoms with Gasteiger partial charge < -0.3 is 10.2 Å². The van der Waals surface area contributed by atoms with Crippen LogP contribution in [0.4, 0.5) is 4.79 Å². The molecule has 0 aliphatic carbocycles. The summed E-state index contributed by atoms with van der Waals surface area (Å²) in [6, 6.07) is 11.3. The molecule has 0 spiro atoms. The summed E-state index contributed by atoms with van der Waals surface area (Å²) in [5.74, 6) is -0.00287. The first-order valence-electron chi connectivity index (χ1n) is 7.77. The molecule has 5 nitrogen and oxygen atoms in total. The van der Waals surface area contributed by atoms with Crippen LogP contribution < -0.4 is 5.32 Å². The Kier molecular flexibility index (Phi) is 3.61. The first kappa shape index (κ1) is 15.0. The maximum Gasteiger partial charge on any atom is 0.322 e. The average molecular weight is 339 g/mol. The Morgan fingerprint density at radius 2 is 2.00 bits per heavy atom. The highest BCUT2D eigenvalue weighted by Gasteiger charge is 2.42. The Balaban J connectivity index is 1.67. The van der Waals surface area contributed by atoms with Crippen LogP contribution in [0.2, 0.25) is 0 Å². The van der Waals surface area contributed by atoms with Crippen molar-refractivity contribution in [2.24, 2.45) is 0 Å². The number of hydrogen-bond acceptors (Lipinski definition) is 3. The van der Waals surface area contributed by atoms with Gasteiger partial charge in [-0.25, -0.2) is 4.79 Å². The highest BCUT2D eigenvalue weighted by Crippen LogP contribution is 2.36. The van der Waals surface area contributed by atoms with Crippen LogP contribution in [0.1, 0.15) is 17.2 Å².